The Balaban J connectivity index is 1.70. The number of rotatable bonds is 6. The number of nitrogens with zero attached hydrogens (tertiary/aromatic N) is 3. The van der Waals surface area contributed by atoms with E-state index in [-0.39, 0.29) is 0 Å². The van der Waals surface area contributed by atoms with Gasteiger partial charge in [0.25, 0.3) is 5.89 Å². The van der Waals surface area contributed by atoms with Gasteiger partial charge in [-0.2, -0.15) is 4.98 Å². The molecular formula is C16H22N4O. The summed E-state index contributed by atoms with van der Waals surface area (Å²) in [5.74, 6) is 1.41. The molecule has 1 N–H and O–H groups in total. The molecule has 0 atom stereocenters. The number of likely N-dealkylation sites (N-methyl/N-ethyl adjacent to an activating group) is 1. The van der Waals surface area contributed by atoms with Crippen LogP contribution in [-0.2, 0) is 12.8 Å². The molecule has 3 rings (SSSR count). The first-order valence-electron chi connectivity index (χ1n) is 7.72. The molecule has 5 nitrogen and oxygen atoms in total. The van der Waals surface area contributed by atoms with Crippen LogP contribution in [0.4, 0.5) is 5.69 Å². The molecule has 0 radical (unpaired) electrons. The summed E-state index contributed by atoms with van der Waals surface area (Å²) < 4.78 is 5.41. The molecular weight excluding hydrogens is 264 g/mol. The minimum Gasteiger partial charge on any atom is -0.384 e. The summed E-state index contributed by atoms with van der Waals surface area (Å²) >= 11 is 0. The number of benzene rings is 1. The summed E-state index contributed by atoms with van der Waals surface area (Å²) in [5, 5.41) is 7.46. The van der Waals surface area contributed by atoms with E-state index < -0.39 is 0 Å². The molecule has 0 spiro atoms. The highest BCUT2D eigenvalue weighted by atomic mass is 16.5. The van der Waals surface area contributed by atoms with Crippen LogP contribution in [0, 0.1) is 0 Å². The average molecular weight is 286 g/mol. The van der Waals surface area contributed by atoms with E-state index in [1.54, 1.807) is 0 Å². The van der Waals surface area contributed by atoms with Gasteiger partial charge in [-0.05, 0) is 43.3 Å². The summed E-state index contributed by atoms with van der Waals surface area (Å²) in [7, 11) is 0. The highest BCUT2D eigenvalue weighted by Crippen LogP contribution is 2.27. The van der Waals surface area contributed by atoms with Crippen LogP contribution in [0.5, 0.6) is 0 Å². The number of anilines is 1. The summed E-state index contributed by atoms with van der Waals surface area (Å²) in [6, 6.07) is 6.29. The van der Waals surface area contributed by atoms with Crippen molar-refractivity contribution in [2.75, 3.05) is 31.5 Å². The smallest absolute Gasteiger partial charge is 0.257 e. The summed E-state index contributed by atoms with van der Waals surface area (Å²) in [5.41, 5.74) is 3.56. The van der Waals surface area contributed by atoms with Crippen LogP contribution in [0.25, 0.3) is 11.5 Å². The summed E-state index contributed by atoms with van der Waals surface area (Å²) in [4.78, 5) is 6.88. The van der Waals surface area contributed by atoms with Crippen molar-refractivity contribution in [3.63, 3.8) is 0 Å². The normalized spacial score (nSPS) is 13.5. The van der Waals surface area contributed by atoms with E-state index in [9.17, 15) is 0 Å². The van der Waals surface area contributed by atoms with Crippen molar-refractivity contribution in [1.29, 1.82) is 0 Å². The van der Waals surface area contributed by atoms with Crippen LogP contribution in [0.2, 0.25) is 0 Å². The van der Waals surface area contributed by atoms with E-state index in [0.717, 1.165) is 50.4 Å². The maximum Gasteiger partial charge on any atom is 0.257 e. The van der Waals surface area contributed by atoms with Crippen LogP contribution in [0.15, 0.2) is 22.7 Å². The Labute approximate surface area is 125 Å². The third-order valence-electron chi connectivity index (χ3n) is 4.08. The Kier molecular flexibility index (Phi) is 4.20. The highest BCUT2D eigenvalue weighted by molar-refractivity contribution is 5.64. The Morgan fingerprint density at radius 2 is 2.14 bits per heavy atom. The molecule has 2 heterocycles. The second-order valence-electron chi connectivity index (χ2n) is 5.34. The molecule has 0 saturated carbocycles. The van der Waals surface area contributed by atoms with Gasteiger partial charge in [0, 0.05) is 30.8 Å². The first kappa shape index (κ1) is 14.1. The van der Waals surface area contributed by atoms with Crippen molar-refractivity contribution in [3.8, 4) is 11.5 Å². The molecule has 0 fully saturated rings. The molecule has 0 bridgehead atoms. The van der Waals surface area contributed by atoms with Crippen molar-refractivity contribution in [2.24, 2.45) is 0 Å². The van der Waals surface area contributed by atoms with Gasteiger partial charge in [-0.3, -0.25) is 0 Å². The lowest BCUT2D eigenvalue weighted by atomic mass is 10.1. The second kappa shape index (κ2) is 6.26. The fourth-order valence-corrected chi connectivity index (χ4v) is 2.71. The lowest BCUT2D eigenvalue weighted by Crippen LogP contribution is -2.25. The van der Waals surface area contributed by atoms with Gasteiger partial charge in [0.1, 0.15) is 0 Å². The van der Waals surface area contributed by atoms with Gasteiger partial charge < -0.3 is 14.7 Å². The third-order valence-corrected chi connectivity index (χ3v) is 4.08. The zero-order valence-corrected chi connectivity index (χ0v) is 12.7. The number of nitrogens with one attached hydrogen (secondary N) is 1. The Morgan fingerprint density at radius 3 is 2.95 bits per heavy atom. The van der Waals surface area contributed by atoms with Gasteiger partial charge in [-0.15, -0.1) is 0 Å². The van der Waals surface area contributed by atoms with Crippen LogP contribution in [0.1, 0.15) is 25.2 Å². The maximum atomic E-state index is 5.41. The molecule has 0 amide bonds. The summed E-state index contributed by atoms with van der Waals surface area (Å²) in [6.45, 7) is 8.43. The van der Waals surface area contributed by atoms with E-state index in [4.69, 9.17) is 4.52 Å². The predicted octanol–water partition coefficient (Wildman–Crippen LogP) is 2.59. The molecule has 0 unspecified atom stereocenters. The molecule has 1 aromatic carbocycles. The molecule has 1 aromatic heterocycles. The number of hydrogen-bond acceptors (Lipinski definition) is 5. The van der Waals surface area contributed by atoms with Crippen LogP contribution < -0.4 is 5.32 Å². The fraction of sp³-hybridized carbons (Fsp3) is 0.500. The van der Waals surface area contributed by atoms with Crippen molar-refractivity contribution < 1.29 is 4.52 Å². The maximum absolute atomic E-state index is 5.41. The van der Waals surface area contributed by atoms with E-state index in [1.165, 1.54) is 11.3 Å². The SMILES string of the molecule is CCN(CC)CCc1noc(-c2ccc3c(c2)CCN3)n1. The summed E-state index contributed by atoms with van der Waals surface area (Å²) in [6.07, 6.45) is 1.89. The number of fused-ring (bicyclic) bond motifs is 1. The van der Waals surface area contributed by atoms with Crippen LogP contribution >= 0.6 is 0 Å². The molecule has 0 aliphatic carbocycles. The van der Waals surface area contributed by atoms with Crippen molar-refractivity contribution >= 4 is 5.69 Å². The molecule has 2 aromatic rings. The number of aromatic nitrogens is 2. The van der Waals surface area contributed by atoms with Gasteiger partial charge in [-0.25, -0.2) is 0 Å². The lowest BCUT2D eigenvalue weighted by Gasteiger charge is -2.16. The number of hydrogen-bond donors (Lipinski definition) is 1. The molecule has 21 heavy (non-hydrogen) atoms. The first-order valence-corrected chi connectivity index (χ1v) is 7.72. The average Bonchev–Trinajstić information content (AvgIpc) is 3.16. The minimum atomic E-state index is 0.624. The van der Waals surface area contributed by atoms with Gasteiger partial charge in [0.2, 0.25) is 0 Å². The van der Waals surface area contributed by atoms with E-state index in [2.05, 4.69) is 46.3 Å². The quantitative estimate of drug-likeness (QED) is 0.884. The Bertz CT molecular complexity index is 604. The first-order chi connectivity index (χ1) is 10.3. The van der Waals surface area contributed by atoms with E-state index >= 15 is 0 Å². The minimum absolute atomic E-state index is 0.624. The largest absolute Gasteiger partial charge is 0.384 e. The Hall–Kier alpha value is -1.88. The standard InChI is InChI=1S/C16H22N4O/c1-3-20(4-2)10-8-15-18-16(21-19-15)13-5-6-14-12(11-13)7-9-17-14/h5-6,11,17H,3-4,7-10H2,1-2H3. The van der Waals surface area contributed by atoms with Gasteiger partial charge in [0.05, 0.1) is 0 Å². The second-order valence-corrected chi connectivity index (χ2v) is 5.34. The van der Waals surface area contributed by atoms with Crippen molar-refractivity contribution in [3.05, 3.63) is 29.6 Å². The van der Waals surface area contributed by atoms with Crippen LogP contribution in [0.3, 0.4) is 0 Å². The van der Waals surface area contributed by atoms with E-state index in [1.807, 2.05) is 6.07 Å². The molecule has 5 heteroatoms. The van der Waals surface area contributed by atoms with Crippen LogP contribution in [-0.4, -0.2) is 41.2 Å². The molecule has 1 aliphatic heterocycles. The molecule has 0 saturated heterocycles. The van der Waals surface area contributed by atoms with Crippen molar-refractivity contribution in [2.45, 2.75) is 26.7 Å². The fourth-order valence-electron chi connectivity index (χ4n) is 2.71. The molecule has 112 valence electrons. The third kappa shape index (κ3) is 3.08. The van der Waals surface area contributed by atoms with Gasteiger partial charge >= 0.3 is 0 Å². The van der Waals surface area contributed by atoms with Gasteiger partial charge in [-0.1, -0.05) is 19.0 Å². The highest BCUT2D eigenvalue weighted by Gasteiger charge is 2.14. The molecule has 1 aliphatic rings. The zero-order chi connectivity index (χ0) is 14.7. The zero-order valence-electron chi connectivity index (χ0n) is 12.7. The Morgan fingerprint density at radius 1 is 1.29 bits per heavy atom. The predicted molar refractivity (Wildman–Crippen MR) is 83.4 cm³/mol. The topological polar surface area (TPSA) is 54.2 Å². The monoisotopic (exact) mass is 286 g/mol. The van der Waals surface area contributed by atoms with E-state index in [0.29, 0.717) is 5.89 Å². The van der Waals surface area contributed by atoms with Crippen molar-refractivity contribution in [1.82, 2.24) is 15.0 Å². The lowest BCUT2D eigenvalue weighted by molar-refractivity contribution is 0.303. The van der Waals surface area contributed by atoms with Gasteiger partial charge in [0.15, 0.2) is 5.82 Å².